The predicted octanol–water partition coefficient (Wildman–Crippen LogP) is 2.21. The molecule has 0 saturated heterocycles. The molecule has 0 spiro atoms. The molecule has 0 unspecified atom stereocenters. The third kappa shape index (κ3) is 10.9. The van der Waals surface area contributed by atoms with Gasteiger partial charge >= 0.3 is 6.09 Å². The first-order chi connectivity index (χ1) is 9.80. The Morgan fingerprint density at radius 1 is 1.19 bits per heavy atom. The van der Waals surface area contributed by atoms with Crippen molar-refractivity contribution in [1.29, 1.82) is 0 Å². The third-order valence-corrected chi connectivity index (χ3v) is 2.73. The summed E-state index contributed by atoms with van der Waals surface area (Å²) in [6, 6.07) is 0. The van der Waals surface area contributed by atoms with Crippen molar-refractivity contribution in [3.63, 3.8) is 0 Å². The highest BCUT2D eigenvalue weighted by atomic mass is 16.6. The molecule has 0 aliphatic heterocycles. The van der Waals surface area contributed by atoms with Gasteiger partial charge in [0.15, 0.2) is 5.96 Å². The lowest BCUT2D eigenvalue weighted by molar-refractivity contribution is 0.0527. The molecule has 6 nitrogen and oxygen atoms in total. The molecule has 0 radical (unpaired) electrons. The van der Waals surface area contributed by atoms with E-state index in [1.165, 1.54) is 6.42 Å². The Hall–Kier alpha value is -1.46. The lowest BCUT2D eigenvalue weighted by Crippen LogP contribution is -2.40. The van der Waals surface area contributed by atoms with Gasteiger partial charge in [0.25, 0.3) is 0 Å². The number of hydrogen-bond acceptors (Lipinski definition) is 3. The molecule has 2 N–H and O–H groups in total. The van der Waals surface area contributed by atoms with Crippen LogP contribution < -0.4 is 10.6 Å². The maximum atomic E-state index is 11.5. The largest absolute Gasteiger partial charge is 0.444 e. The van der Waals surface area contributed by atoms with Crippen molar-refractivity contribution in [3.05, 3.63) is 0 Å². The summed E-state index contributed by atoms with van der Waals surface area (Å²) in [6.07, 6.45) is 2.77. The fraction of sp³-hybridized carbons (Fsp3) is 0.867. The van der Waals surface area contributed by atoms with E-state index in [-0.39, 0.29) is 6.09 Å². The quantitative estimate of drug-likeness (QED) is 0.430. The second kappa shape index (κ2) is 10.3. The Bertz CT molecular complexity index is 324. The average Bonchev–Trinajstić information content (AvgIpc) is 2.38. The molecule has 0 bridgehead atoms. The molecule has 0 aliphatic rings. The van der Waals surface area contributed by atoms with Crippen molar-refractivity contribution < 1.29 is 9.53 Å². The Balaban J connectivity index is 3.81. The predicted molar refractivity (Wildman–Crippen MR) is 87.8 cm³/mol. The molecule has 0 fully saturated rings. The van der Waals surface area contributed by atoms with Crippen LogP contribution in [0.25, 0.3) is 0 Å². The van der Waals surface area contributed by atoms with Crippen molar-refractivity contribution in [3.8, 4) is 0 Å². The van der Waals surface area contributed by atoms with Crippen LogP contribution in [-0.4, -0.2) is 56.3 Å². The fourth-order valence-corrected chi connectivity index (χ4v) is 1.68. The Morgan fingerprint density at radius 2 is 1.81 bits per heavy atom. The topological polar surface area (TPSA) is 66.0 Å². The third-order valence-electron chi connectivity index (χ3n) is 2.73. The Morgan fingerprint density at radius 3 is 2.33 bits per heavy atom. The van der Waals surface area contributed by atoms with Crippen molar-refractivity contribution in [2.45, 2.75) is 52.6 Å². The molecule has 6 heteroatoms. The molecule has 0 atom stereocenters. The van der Waals surface area contributed by atoms with Crippen LogP contribution in [0.1, 0.15) is 47.0 Å². The smallest absolute Gasteiger partial charge is 0.407 e. The SMILES string of the molecule is CCCCN(C)C(=NC)NCCCNC(=O)OC(C)(C)C. The molecular weight excluding hydrogens is 268 g/mol. The second-order valence-electron chi connectivity index (χ2n) is 6.03. The van der Waals surface area contributed by atoms with Gasteiger partial charge in [0, 0.05) is 33.7 Å². The van der Waals surface area contributed by atoms with Crippen LogP contribution in [0.4, 0.5) is 4.79 Å². The number of aliphatic imine (C=N–C) groups is 1. The number of unbranched alkanes of at least 4 members (excludes halogenated alkanes) is 1. The number of ether oxygens (including phenoxy) is 1. The lowest BCUT2D eigenvalue weighted by Gasteiger charge is -2.22. The summed E-state index contributed by atoms with van der Waals surface area (Å²) >= 11 is 0. The van der Waals surface area contributed by atoms with Crippen LogP contribution in [0.15, 0.2) is 4.99 Å². The van der Waals surface area contributed by atoms with E-state index in [0.29, 0.717) is 6.54 Å². The minimum Gasteiger partial charge on any atom is -0.444 e. The maximum absolute atomic E-state index is 11.5. The molecule has 0 aromatic carbocycles. The van der Waals surface area contributed by atoms with E-state index in [0.717, 1.165) is 31.9 Å². The highest BCUT2D eigenvalue weighted by Gasteiger charge is 2.15. The van der Waals surface area contributed by atoms with Crippen LogP contribution in [0.2, 0.25) is 0 Å². The highest BCUT2D eigenvalue weighted by molar-refractivity contribution is 5.79. The van der Waals surface area contributed by atoms with E-state index in [9.17, 15) is 4.79 Å². The van der Waals surface area contributed by atoms with Gasteiger partial charge in [-0.3, -0.25) is 4.99 Å². The van der Waals surface area contributed by atoms with Crippen LogP contribution in [0.5, 0.6) is 0 Å². The zero-order chi connectivity index (χ0) is 16.3. The Labute approximate surface area is 129 Å². The highest BCUT2D eigenvalue weighted by Crippen LogP contribution is 2.06. The van der Waals surface area contributed by atoms with Gasteiger partial charge in [0.1, 0.15) is 5.60 Å². The number of amides is 1. The molecule has 124 valence electrons. The van der Waals surface area contributed by atoms with Crippen LogP contribution in [0, 0.1) is 0 Å². The first-order valence-electron chi connectivity index (χ1n) is 7.68. The van der Waals surface area contributed by atoms with Gasteiger partial charge in [-0.05, 0) is 33.6 Å². The number of rotatable bonds is 7. The van der Waals surface area contributed by atoms with Crippen molar-refractivity contribution in [2.24, 2.45) is 4.99 Å². The summed E-state index contributed by atoms with van der Waals surface area (Å²) in [5.74, 6) is 0.890. The van der Waals surface area contributed by atoms with Gasteiger partial charge < -0.3 is 20.3 Å². The van der Waals surface area contributed by atoms with E-state index in [1.807, 2.05) is 27.8 Å². The van der Waals surface area contributed by atoms with E-state index >= 15 is 0 Å². The number of alkyl carbamates (subject to hydrolysis) is 1. The van der Waals surface area contributed by atoms with Gasteiger partial charge in [0.05, 0.1) is 0 Å². The molecule has 21 heavy (non-hydrogen) atoms. The van der Waals surface area contributed by atoms with E-state index in [4.69, 9.17) is 4.74 Å². The first kappa shape index (κ1) is 19.5. The number of nitrogens with one attached hydrogen (secondary N) is 2. The lowest BCUT2D eigenvalue weighted by atomic mass is 10.2. The fourth-order valence-electron chi connectivity index (χ4n) is 1.68. The molecule has 0 heterocycles. The average molecular weight is 300 g/mol. The minimum atomic E-state index is -0.452. The summed E-state index contributed by atoms with van der Waals surface area (Å²) in [5, 5.41) is 6.02. The zero-order valence-electron chi connectivity index (χ0n) is 14.5. The minimum absolute atomic E-state index is 0.369. The number of carbonyl (C=O) groups is 1. The van der Waals surface area contributed by atoms with Crippen LogP contribution >= 0.6 is 0 Å². The van der Waals surface area contributed by atoms with Gasteiger partial charge in [0.2, 0.25) is 0 Å². The molecule has 0 aromatic rings. The van der Waals surface area contributed by atoms with E-state index < -0.39 is 5.60 Å². The standard InChI is InChI=1S/C15H32N4O2/c1-7-8-12-19(6)13(16-5)17-10-9-11-18-14(20)21-15(2,3)4/h7-12H2,1-6H3,(H,16,17)(H,18,20). The first-order valence-corrected chi connectivity index (χ1v) is 7.68. The van der Waals surface area contributed by atoms with Crippen molar-refractivity contribution in [1.82, 2.24) is 15.5 Å². The summed E-state index contributed by atoms with van der Waals surface area (Å²) < 4.78 is 5.17. The van der Waals surface area contributed by atoms with Gasteiger partial charge in [-0.15, -0.1) is 0 Å². The van der Waals surface area contributed by atoms with Crippen molar-refractivity contribution in [2.75, 3.05) is 33.7 Å². The molecule has 0 rings (SSSR count). The molecule has 0 saturated carbocycles. The number of carbonyl (C=O) groups excluding carboxylic acids is 1. The van der Waals surface area contributed by atoms with Crippen LogP contribution in [0.3, 0.4) is 0 Å². The Kier molecular flexibility index (Phi) is 9.58. The van der Waals surface area contributed by atoms with Gasteiger partial charge in [-0.1, -0.05) is 13.3 Å². The maximum Gasteiger partial charge on any atom is 0.407 e. The van der Waals surface area contributed by atoms with E-state index in [2.05, 4.69) is 27.4 Å². The number of guanidine groups is 1. The van der Waals surface area contributed by atoms with Gasteiger partial charge in [-0.2, -0.15) is 0 Å². The second-order valence-corrected chi connectivity index (χ2v) is 6.03. The van der Waals surface area contributed by atoms with Crippen LogP contribution in [-0.2, 0) is 4.74 Å². The number of hydrogen-bond donors (Lipinski definition) is 2. The zero-order valence-corrected chi connectivity index (χ0v) is 14.5. The van der Waals surface area contributed by atoms with Crippen molar-refractivity contribution >= 4 is 12.1 Å². The molecule has 0 aliphatic carbocycles. The number of nitrogens with zero attached hydrogens (tertiary/aromatic N) is 2. The van der Waals surface area contributed by atoms with Gasteiger partial charge in [-0.25, -0.2) is 4.79 Å². The molecular formula is C15H32N4O2. The monoisotopic (exact) mass is 300 g/mol. The summed E-state index contributed by atoms with van der Waals surface area (Å²) in [7, 11) is 3.81. The summed E-state index contributed by atoms with van der Waals surface area (Å²) in [4.78, 5) is 17.8. The normalized spacial score (nSPS) is 12.0. The summed E-state index contributed by atoms with van der Waals surface area (Å²) in [6.45, 7) is 10.1. The molecule has 0 aromatic heterocycles. The van der Waals surface area contributed by atoms with E-state index in [1.54, 1.807) is 7.05 Å². The molecule has 1 amide bonds. The summed E-state index contributed by atoms with van der Waals surface area (Å²) in [5.41, 5.74) is -0.452.